The lowest BCUT2D eigenvalue weighted by molar-refractivity contribution is 1.00. The van der Waals surface area contributed by atoms with Crippen LogP contribution in [-0.4, -0.2) is 6.21 Å². The summed E-state index contributed by atoms with van der Waals surface area (Å²) in [4.78, 5) is 4.24. The Morgan fingerprint density at radius 2 is 2.10 bits per heavy atom. The molecule has 0 amide bonds. The van der Waals surface area contributed by atoms with Gasteiger partial charge in [-0.2, -0.15) is 0 Å². The number of rotatable bonds is 4. The Morgan fingerprint density at radius 1 is 1.40 bits per heavy atom. The standard InChI is InChI=1S/C9H17N/c1-4-6-8-10-9(3)7-5-2/h7-8H,4-6H2,1-3H3/b9-7-,10-8?. The van der Waals surface area contributed by atoms with Gasteiger partial charge < -0.3 is 0 Å². The molecule has 1 heteroatoms. The van der Waals surface area contributed by atoms with Crippen LogP contribution in [0.2, 0.25) is 0 Å². The Kier molecular flexibility index (Phi) is 6.14. The van der Waals surface area contributed by atoms with E-state index in [4.69, 9.17) is 0 Å². The summed E-state index contributed by atoms with van der Waals surface area (Å²) in [5.74, 6) is 0. The quantitative estimate of drug-likeness (QED) is 0.530. The van der Waals surface area contributed by atoms with Crippen molar-refractivity contribution in [3.05, 3.63) is 11.8 Å². The molecule has 0 heterocycles. The largest absolute Gasteiger partial charge is 0.266 e. The fraction of sp³-hybridized carbons (Fsp3) is 0.667. The smallest absolute Gasteiger partial charge is 0.0328 e. The maximum atomic E-state index is 4.24. The lowest BCUT2D eigenvalue weighted by atomic mass is 10.3. The second-order valence-electron chi connectivity index (χ2n) is 2.35. The minimum absolute atomic E-state index is 1.08. The third-order valence-corrected chi connectivity index (χ3v) is 1.21. The Morgan fingerprint density at radius 3 is 2.60 bits per heavy atom. The van der Waals surface area contributed by atoms with Gasteiger partial charge in [-0.15, -0.1) is 0 Å². The van der Waals surface area contributed by atoms with Crippen LogP contribution >= 0.6 is 0 Å². The first-order valence-corrected chi connectivity index (χ1v) is 4.00. The minimum Gasteiger partial charge on any atom is -0.266 e. The molecule has 0 fully saturated rings. The van der Waals surface area contributed by atoms with Gasteiger partial charge in [0, 0.05) is 11.9 Å². The maximum Gasteiger partial charge on any atom is 0.0328 e. The number of unbranched alkanes of at least 4 members (excludes halogenated alkanes) is 1. The summed E-state index contributed by atoms with van der Waals surface area (Å²) in [6.07, 6.45) is 7.47. The van der Waals surface area contributed by atoms with Gasteiger partial charge in [0.05, 0.1) is 0 Å². The van der Waals surface area contributed by atoms with Crippen LogP contribution in [0.25, 0.3) is 0 Å². The Bertz CT molecular complexity index is 123. The summed E-state index contributed by atoms with van der Waals surface area (Å²) in [6, 6.07) is 0. The topological polar surface area (TPSA) is 12.4 Å². The van der Waals surface area contributed by atoms with Crippen molar-refractivity contribution in [3.8, 4) is 0 Å². The van der Waals surface area contributed by atoms with E-state index < -0.39 is 0 Å². The van der Waals surface area contributed by atoms with Crippen molar-refractivity contribution < 1.29 is 0 Å². The first-order valence-electron chi connectivity index (χ1n) is 4.00. The highest BCUT2D eigenvalue weighted by Crippen LogP contribution is 1.95. The van der Waals surface area contributed by atoms with E-state index in [0.717, 1.165) is 18.5 Å². The Balaban J connectivity index is 3.55. The third-order valence-electron chi connectivity index (χ3n) is 1.21. The fourth-order valence-electron chi connectivity index (χ4n) is 0.686. The highest BCUT2D eigenvalue weighted by atomic mass is 14.7. The number of aliphatic imine (C=N–C) groups is 1. The maximum absolute atomic E-state index is 4.24. The molecule has 0 unspecified atom stereocenters. The molecule has 0 aliphatic heterocycles. The zero-order valence-electron chi connectivity index (χ0n) is 7.22. The average Bonchev–Trinajstić information content (AvgIpc) is 1.89. The van der Waals surface area contributed by atoms with Gasteiger partial charge in [0.15, 0.2) is 0 Å². The van der Waals surface area contributed by atoms with Crippen LogP contribution in [-0.2, 0) is 0 Å². The Labute approximate surface area is 63.9 Å². The van der Waals surface area contributed by atoms with Crippen molar-refractivity contribution in [1.29, 1.82) is 0 Å². The molecular formula is C9H17N. The molecule has 0 aliphatic rings. The SMILES string of the molecule is CC/C=C(/C)N=CCCC. The molecule has 10 heavy (non-hydrogen) atoms. The lowest BCUT2D eigenvalue weighted by Gasteiger charge is -1.88. The third kappa shape index (κ3) is 5.54. The molecule has 1 nitrogen and oxygen atoms in total. The van der Waals surface area contributed by atoms with Crippen LogP contribution < -0.4 is 0 Å². The number of hydrogen-bond acceptors (Lipinski definition) is 1. The normalized spacial score (nSPS) is 12.9. The number of nitrogens with zero attached hydrogens (tertiary/aromatic N) is 1. The molecule has 0 spiro atoms. The van der Waals surface area contributed by atoms with Crippen molar-refractivity contribution in [2.45, 2.75) is 40.0 Å². The molecule has 0 aromatic carbocycles. The molecule has 0 N–H and O–H groups in total. The fourth-order valence-corrected chi connectivity index (χ4v) is 0.686. The van der Waals surface area contributed by atoms with Crippen LogP contribution in [0.3, 0.4) is 0 Å². The summed E-state index contributed by atoms with van der Waals surface area (Å²) >= 11 is 0. The van der Waals surface area contributed by atoms with E-state index >= 15 is 0 Å². The zero-order chi connectivity index (χ0) is 7.82. The monoisotopic (exact) mass is 139 g/mol. The van der Waals surface area contributed by atoms with Crippen LogP contribution in [0, 0.1) is 0 Å². The van der Waals surface area contributed by atoms with Gasteiger partial charge in [0.2, 0.25) is 0 Å². The van der Waals surface area contributed by atoms with Gasteiger partial charge in [0.25, 0.3) is 0 Å². The first kappa shape index (κ1) is 9.41. The van der Waals surface area contributed by atoms with E-state index in [0.29, 0.717) is 0 Å². The number of allylic oxidation sites excluding steroid dienone is 2. The average molecular weight is 139 g/mol. The highest BCUT2D eigenvalue weighted by Gasteiger charge is 1.78. The van der Waals surface area contributed by atoms with Gasteiger partial charge in [-0.25, -0.2) is 0 Å². The number of hydrogen-bond donors (Lipinski definition) is 0. The van der Waals surface area contributed by atoms with E-state index in [1.807, 2.05) is 13.1 Å². The predicted molar refractivity (Wildman–Crippen MR) is 47.4 cm³/mol. The van der Waals surface area contributed by atoms with Gasteiger partial charge in [-0.1, -0.05) is 26.3 Å². The minimum atomic E-state index is 1.08. The summed E-state index contributed by atoms with van der Waals surface area (Å²) < 4.78 is 0. The van der Waals surface area contributed by atoms with Gasteiger partial charge in [-0.05, 0) is 19.8 Å². The van der Waals surface area contributed by atoms with Crippen molar-refractivity contribution in [2.75, 3.05) is 0 Å². The highest BCUT2D eigenvalue weighted by molar-refractivity contribution is 5.58. The van der Waals surface area contributed by atoms with E-state index in [1.165, 1.54) is 6.42 Å². The van der Waals surface area contributed by atoms with Crippen LogP contribution in [0.15, 0.2) is 16.8 Å². The molecule has 0 saturated heterocycles. The second kappa shape index (κ2) is 6.53. The van der Waals surface area contributed by atoms with Crippen LogP contribution in [0.4, 0.5) is 0 Å². The van der Waals surface area contributed by atoms with E-state index in [2.05, 4.69) is 24.9 Å². The van der Waals surface area contributed by atoms with Crippen LogP contribution in [0.1, 0.15) is 40.0 Å². The summed E-state index contributed by atoms with van der Waals surface area (Å²) in [5, 5.41) is 0. The summed E-state index contributed by atoms with van der Waals surface area (Å²) in [7, 11) is 0. The molecule has 0 radical (unpaired) electrons. The van der Waals surface area contributed by atoms with Gasteiger partial charge in [-0.3, -0.25) is 4.99 Å². The first-order chi connectivity index (χ1) is 4.81. The molecule has 0 bridgehead atoms. The zero-order valence-corrected chi connectivity index (χ0v) is 7.22. The second-order valence-corrected chi connectivity index (χ2v) is 2.35. The van der Waals surface area contributed by atoms with Crippen molar-refractivity contribution in [2.24, 2.45) is 4.99 Å². The molecule has 0 aliphatic carbocycles. The van der Waals surface area contributed by atoms with Crippen molar-refractivity contribution >= 4 is 6.21 Å². The van der Waals surface area contributed by atoms with Gasteiger partial charge >= 0.3 is 0 Å². The summed E-state index contributed by atoms with van der Waals surface area (Å²) in [6.45, 7) is 6.32. The molecule has 0 rings (SSSR count). The van der Waals surface area contributed by atoms with E-state index in [9.17, 15) is 0 Å². The van der Waals surface area contributed by atoms with Crippen LogP contribution in [0.5, 0.6) is 0 Å². The molecular weight excluding hydrogens is 122 g/mol. The van der Waals surface area contributed by atoms with Crippen molar-refractivity contribution in [1.82, 2.24) is 0 Å². The molecule has 0 aromatic rings. The molecule has 0 atom stereocenters. The summed E-state index contributed by atoms with van der Waals surface area (Å²) in [5.41, 5.74) is 1.14. The molecule has 0 aromatic heterocycles. The van der Waals surface area contributed by atoms with E-state index in [-0.39, 0.29) is 0 Å². The van der Waals surface area contributed by atoms with Crippen molar-refractivity contribution in [3.63, 3.8) is 0 Å². The predicted octanol–water partition coefficient (Wildman–Crippen LogP) is 3.17. The molecule has 58 valence electrons. The molecule has 0 saturated carbocycles. The van der Waals surface area contributed by atoms with Gasteiger partial charge in [0.1, 0.15) is 0 Å². The van der Waals surface area contributed by atoms with E-state index in [1.54, 1.807) is 0 Å². The lowest BCUT2D eigenvalue weighted by Crippen LogP contribution is -1.74. The Hall–Kier alpha value is -0.590.